The Morgan fingerprint density at radius 1 is 0.533 bits per heavy atom. The summed E-state index contributed by atoms with van der Waals surface area (Å²) in [6, 6.07) is 0. The summed E-state index contributed by atoms with van der Waals surface area (Å²) in [6.07, 6.45) is -36.8. The number of allylic oxidation sites excluding steroid dienone is 2. The van der Waals surface area contributed by atoms with Gasteiger partial charge in [0.15, 0.2) is 43.2 Å². The van der Waals surface area contributed by atoms with E-state index < -0.39 is 222 Å². The second-order valence-electron chi connectivity index (χ2n) is 20.3. The Morgan fingerprint density at radius 2 is 0.960 bits per heavy atom. The first-order chi connectivity index (χ1) is 35.6. The molecule has 6 aliphatic heterocycles. The lowest BCUT2D eigenvalue weighted by atomic mass is 9.77. The van der Waals surface area contributed by atoms with E-state index in [-0.39, 0.29) is 6.42 Å². The van der Waals surface area contributed by atoms with Crippen LogP contribution in [0.15, 0.2) is 12.2 Å². The lowest BCUT2D eigenvalue weighted by Crippen LogP contribution is -2.79. The third kappa shape index (κ3) is 13.3. The molecule has 6 heterocycles. The normalized spacial score (nSPS) is 48.1. The predicted molar refractivity (Wildman–Crippen MR) is 244 cm³/mol. The van der Waals surface area contributed by atoms with Crippen LogP contribution in [0.25, 0.3) is 0 Å². The Hall–Kier alpha value is -1.83. The average molecular weight is 1090 g/mol. The van der Waals surface area contributed by atoms with Crippen molar-refractivity contribution in [1.29, 1.82) is 0 Å². The maximum absolute atomic E-state index is 13.9. The molecule has 6 aliphatic rings. The Morgan fingerprint density at radius 3 is 1.41 bits per heavy atom. The molecule has 0 aliphatic carbocycles. The molecule has 0 saturated carbocycles. The fourth-order valence-corrected chi connectivity index (χ4v) is 10.2. The van der Waals surface area contributed by atoms with Gasteiger partial charge in [0.1, 0.15) is 91.6 Å². The van der Waals surface area contributed by atoms with E-state index in [0.717, 1.165) is 25.7 Å². The minimum atomic E-state index is -2.41. The number of unbranched alkanes of at least 4 members (excludes halogenated alkanes) is 3. The first-order valence-electron chi connectivity index (χ1n) is 25.6. The minimum absolute atomic E-state index is 0.154. The monoisotopic (exact) mass is 1090 g/mol. The van der Waals surface area contributed by atoms with Gasteiger partial charge >= 0.3 is 5.97 Å². The topological polar surface area (TPSA) is 442 Å². The van der Waals surface area contributed by atoms with Crippen molar-refractivity contribution in [3.63, 3.8) is 0 Å². The molecule has 29 atom stereocenters. The van der Waals surface area contributed by atoms with Crippen LogP contribution in [-0.2, 0) is 56.9 Å². The van der Waals surface area contributed by atoms with Crippen LogP contribution in [0, 0.1) is 17.8 Å². The van der Waals surface area contributed by atoms with E-state index in [1.54, 1.807) is 6.08 Å². The maximum Gasteiger partial charge on any atom is 0.309 e. The molecule has 0 bridgehead atoms. The number of carbonyl (C=O) groups is 1. The lowest BCUT2D eigenvalue weighted by Gasteiger charge is -2.58. The van der Waals surface area contributed by atoms with E-state index in [1.165, 1.54) is 20.8 Å². The number of rotatable bonds is 23. The summed E-state index contributed by atoms with van der Waals surface area (Å²) in [7, 11) is 0. The summed E-state index contributed by atoms with van der Waals surface area (Å²) < 4.78 is 63.9. The summed E-state index contributed by atoms with van der Waals surface area (Å²) in [5.41, 5.74) is -2.41. The number of aliphatic hydroxyl groups excluding tert-OH is 16. The van der Waals surface area contributed by atoms with Crippen molar-refractivity contribution < 1.29 is 139 Å². The number of hydrogen-bond donors (Lipinski definition) is 16. The number of ether oxygens (including phenoxy) is 11. The van der Waals surface area contributed by atoms with E-state index in [1.807, 2.05) is 6.08 Å². The van der Waals surface area contributed by atoms with Crippen LogP contribution in [0.5, 0.6) is 0 Å². The Bertz CT molecular complexity index is 1760. The van der Waals surface area contributed by atoms with Crippen LogP contribution >= 0.6 is 0 Å². The number of carbonyl (C=O) groups excluding carboxylic acids is 1. The molecular weight excluding hydrogens is 1010 g/mol. The molecule has 436 valence electrons. The van der Waals surface area contributed by atoms with Gasteiger partial charge < -0.3 is 134 Å². The fraction of sp³-hybridized carbons (Fsp3) is 0.936. The lowest BCUT2D eigenvalue weighted by molar-refractivity contribution is -0.430. The summed E-state index contributed by atoms with van der Waals surface area (Å²) in [5, 5.41) is 173. The SMILES string of the molecule is CCCCCC=CCC(C)C(=O)OC1C(O)C(OC2OC(CO)C(OC3OC(CO)C(C)C(O)C3O)C(O)C2O)C(CO)OC1C1(COC2OC(CO)C(OC3OC(CO)C(C)C(O)C3O)C(O)C2O)OC(O)C1O. The summed E-state index contributed by atoms with van der Waals surface area (Å²) in [5.74, 6) is -3.34. The zero-order valence-corrected chi connectivity index (χ0v) is 42.2. The zero-order valence-electron chi connectivity index (χ0n) is 42.2. The smallest absolute Gasteiger partial charge is 0.309 e. The van der Waals surface area contributed by atoms with Crippen LogP contribution in [0.1, 0.15) is 59.8 Å². The standard InChI is InChI=1S/C47H80O28/c1-5-6-7-8-9-10-11-18(2)41(63)71-38-34(61)37(74-46-33(60)29(56)36(25(16-52)70-46)73-45-31(58)27(54)20(4)22(13-49)68-45)23(14-50)66-40(38)47(39(62)42(64)75-47)17-65-43-32(59)28(55)35(24(15-51)69-43)72-44-30(57)26(53)19(3)21(12-48)67-44/h9-10,18-40,42-46,48-62,64H,5-8,11-17H2,1-4H3. The van der Waals surface area contributed by atoms with Gasteiger partial charge in [-0.3, -0.25) is 4.79 Å². The molecule has 0 aromatic heterocycles. The van der Waals surface area contributed by atoms with Crippen molar-refractivity contribution in [2.75, 3.05) is 39.6 Å². The summed E-state index contributed by atoms with van der Waals surface area (Å²) in [6.45, 7) is 1.52. The van der Waals surface area contributed by atoms with Crippen molar-refractivity contribution in [2.24, 2.45) is 17.8 Å². The molecule has 0 aromatic rings. The molecule has 0 amide bonds. The molecule has 28 nitrogen and oxygen atoms in total. The van der Waals surface area contributed by atoms with Crippen LogP contribution in [0.3, 0.4) is 0 Å². The van der Waals surface area contributed by atoms with Gasteiger partial charge in [-0.25, -0.2) is 0 Å². The van der Waals surface area contributed by atoms with Gasteiger partial charge in [-0.2, -0.15) is 0 Å². The van der Waals surface area contributed by atoms with E-state index in [9.17, 15) is 86.5 Å². The van der Waals surface area contributed by atoms with Gasteiger partial charge in [0.2, 0.25) is 0 Å². The molecule has 16 N–H and O–H groups in total. The number of hydrogen-bond acceptors (Lipinski definition) is 28. The van der Waals surface area contributed by atoms with E-state index in [0.29, 0.717) is 0 Å². The molecule has 28 heteroatoms. The van der Waals surface area contributed by atoms with E-state index in [2.05, 4.69) is 6.92 Å². The van der Waals surface area contributed by atoms with Crippen LogP contribution < -0.4 is 0 Å². The van der Waals surface area contributed by atoms with Gasteiger partial charge in [0.25, 0.3) is 0 Å². The van der Waals surface area contributed by atoms with Crippen molar-refractivity contribution in [3.8, 4) is 0 Å². The van der Waals surface area contributed by atoms with Crippen molar-refractivity contribution >= 4 is 5.97 Å². The first kappa shape index (κ1) is 62.4. The van der Waals surface area contributed by atoms with Crippen molar-refractivity contribution in [2.45, 2.75) is 219 Å². The number of esters is 1. The summed E-state index contributed by atoms with van der Waals surface area (Å²) in [4.78, 5) is 13.9. The quantitative estimate of drug-likeness (QED) is 0.0257. The maximum atomic E-state index is 13.9. The molecule has 6 fully saturated rings. The van der Waals surface area contributed by atoms with Crippen molar-refractivity contribution in [1.82, 2.24) is 0 Å². The Balaban J connectivity index is 1.23. The van der Waals surface area contributed by atoms with Gasteiger partial charge in [-0.1, -0.05) is 52.7 Å². The molecule has 6 saturated heterocycles. The molecule has 6 rings (SSSR count). The van der Waals surface area contributed by atoms with Crippen molar-refractivity contribution in [3.05, 3.63) is 12.2 Å². The van der Waals surface area contributed by atoms with Crippen LogP contribution in [0.4, 0.5) is 0 Å². The molecule has 29 unspecified atom stereocenters. The van der Waals surface area contributed by atoms with Gasteiger partial charge in [0.05, 0.1) is 70.0 Å². The Labute approximate surface area is 432 Å². The van der Waals surface area contributed by atoms with Gasteiger partial charge in [-0.05, 0) is 19.3 Å². The highest BCUT2D eigenvalue weighted by Crippen LogP contribution is 2.45. The highest BCUT2D eigenvalue weighted by atomic mass is 16.8. The molecule has 0 aromatic carbocycles. The Kier molecular flexibility index (Phi) is 22.9. The fourth-order valence-electron chi connectivity index (χ4n) is 10.2. The number of aliphatic hydroxyl groups is 16. The van der Waals surface area contributed by atoms with E-state index >= 15 is 0 Å². The third-order valence-electron chi connectivity index (χ3n) is 15.2. The second-order valence-corrected chi connectivity index (χ2v) is 20.3. The predicted octanol–water partition coefficient (Wildman–Crippen LogP) is -7.17. The largest absolute Gasteiger partial charge is 0.456 e. The van der Waals surface area contributed by atoms with Crippen LogP contribution in [0.2, 0.25) is 0 Å². The minimum Gasteiger partial charge on any atom is -0.456 e. The highest BCUT2D eigenvalue weighted by Gasteiger charge is 2.68. The van der Waals surface area contributed by atoms with Crippen LogP contribution in [-0.4, -0.2) is 286 Å². The summed E-state index contributed by atoms with van der Waals surface area (Å²) >= 11 is 0. The molecule has 75 heavy (non-hydrogen) atoms. The molecule has 0 radical (unpaired) electrons. The zero-order chi connectivity index (χ0) is 55.2. The first-order valence-corrected chi connectivity index (χ1v) is 25.6. The van der Waals surface area contributed by atoms with Gasteiger partial charge in [-0.15, -0.1) is 0 Å². The molecule has 0 spiro atoms. The van der Waals surface area contributed by atoms with Gasteiger partial charge in [0, 0.05) is 11.8 Å². The second kappa shape index (κ2) is 27.6. The highest BCUT2D eigenvalue weighted by molar-refractivity contribution is 5.72. The van der Waals surface area contributed by atoms with E-state index in [4.69, 9.17) is 52.1 Å². The average Bonchev–Trinajstić information content (AvgIpc) is 3.40. The third-order valence-corrected chi connectivity index (χ3v) is 15.2. The molecular formula is C47H80O28.